The molecule has 0 unspecified atom stereocenters. The third-order valence-corrected chi connectivity index (χ3v) is 5.76. The molecule has 1 N–H and O–H groups in total. The van der Waals surface area contributed by atoms with E-state index in [0.717, 1.165) is 11.1 Å². The number of carbonyl (C=O) groups is 4. The molecule has 7 heteroatoms. The standard InChI is InChI=1S/C30H39NO6/c1-6-36-29(35)25(19-23-15-11-8-12-16-23)31-28(34)24(18-22-13-9-7-10-14-22)20-26(32)21(2)17-27(33)37-30(3,4)5/h7-16,21,24-25H,6,17-20H2,1-5H3,(H,31,34)/t21-,24+,25-/m0/s1. The van der Waals surface area contributed by atoms with Crippen LogP contribution in [0.25, 0.3) is 0 Å². The van der Waals surface area contributed by atoms with Crippen LogP contribution < -0.4 is 5.32 Å². The quantitative estimate of drug-likeness (QED) is 0.400. The number of Topliss-reactive ketones (excluding diaryl/α,β-unsaturated/α-hetero) is 1. The highest BCUT2D eigenvalue weighted by Gasteiger charge is 2.30. The first-order valence-corrected chi connectivity index (χ1v) is 12.8. The van der Waals surface area contributed by atoms with Gasteiger partial charge < -0.3 is 14.8 Å². The molecule has 0 bridgehead atoms. The Bertz CT molecular complexity index is 1030. The number of benzene rings is 2. The summed E-state index contributed by atoms with van der Waals surface area (Å²) in [6, 6.07) is 17.9. The lowest BCUT2D eigenvalue weighted by molar-refractivity contribution is -0.157. The van der Waals surface area contributed by atoms with E-state index in [1.165, 1.54) is 0 Å². The number of amides is 1. The van der Waals surface area contributed by atoms with Crippen molar-refractivity contribution in [3.05, 3.63) is 71.8 Å². The predicted molar refractivity (Wildman–Crippen MR) is 142 cm³/mol. The molecule has 0 fully saturated rings. The highest BCUT2D eigenvalue weighted by molar-refractivity contribution is 5.91. The zero-order valence-electron chi connectivity index (χ0n) is 22.5. The van der Waals surface area contributed by atoms with Gasteiger partial charge in [-0.05, 0) is 45.2 Å². The van der Waals surface area contributed by atoms with E-state index in [1.54, 1.807) is 34.6 Å². The summed E-state index contributed by atoms with van der Waals surface area (Å²) >= 11 is 0. The minimum atomic E-state index is -0.887. The van der Waals surface area contributed by atoms with Crippen molar-refractivity contribution in [2.24, 2.45) is 11.8 Å². The van der Waals surface area contributed by atoms with Gasteiger partial charge in [-0.25, -0.2) is 4.79 Å². The van der Waals surface area contributed by atoms with Crippen LogP contribution >= 0.6 is 0 Å². The maximum atomic E-state index is 13.5. The third-order valence-electron chi connectivity index (χ3n) is 5.76. The summed E-state index contributed by atoms with van der Waals surface area (Å²) in [6.07, 6.45) is 0.464. The Morgan fingerprint density at radius 2 is 1.38 bits per heavy atom. The number of hydrogen-bond acceptors (Lipinski definition) is 6. The molecule has 3 atom stereocenters. The lowest BCUT2D eigenvalue weighted by Crippen LogP contribution is -2.46. The van der Waals surface area contributed by atoms with Crippen molar-refractivity contribution in [2.45, 2.75) is 71.9 Å². The minimum Gasteiger partial charge on any atom is -0.464 e. The SMILES string of the molecule is CCOC(=O)[C@H](Cc1ccccc1)NC(=O)[C@@H](CC(=O)[C@@H](C)CC(=O)OC(C)(C)C)Cc1ccccc1. The first kappa shape index (κ1) is 29.7. The molecule has 37 heavy (non-hydrogen) atoms. The van der Waals surface area contributed by atoms with Gasteiger partial charge in [-0.1, -0.05) is 67.6 Å². The van der Waals surface area contributed by atoms with Crippen LogP contribution in [0.1, 0.15) is 58.6 Å². The first-order chi connectivity index (χ1) is 17.5. The van der Waals surface area contributed by atoms with Crippen LogP contribution in [0.3, 0.4) is 0 Å². The molecule has 0 heterocycles. The number of hydrogen-bond donors (Lipinski definition) is 1. The number of esters is 2. The van der Waals surface area contributed by atoms with Crippen LogP contribution in [0.2, 0.25) is 0 Å². The van der Waals surface area contributed by atoms with Crippen LogP contribution in [-0.4, -0.2) is 41.9 Å². The molecular weight excluding hydrogens is 470 g/mol. The smallest absolute Gasteiger partial charge is 0.328 e. The monoisotopic (exact) mass is 509 g/mol. The molecule has 7 nitrogen and oxygen atoms in total. The van der Waals surface area contributed by atoms with Crippen molar-refractivity contribution in [3.8, 4) is 0 Å². The summed E-state index contributed by atoms with van der Waals surface area (Å²) in [5.41, 5.74) is 1.13. The summed E-state index contributed by atoms with van der Waals surface area (Å²) in [6.45, 7) is 8.88. The Hall–Kier alpha value is -3.48. The van der Waals surface area contributed by atoms with Gasteiger partial charge in [0.25, 0.3) is 0 Å². The van der Waals surface area contributed by atoms with Gasteiger partial charge in [-0.2, -0.15) is 0 Å². The van der Waals surface area contributed by atoms with Gasteiger partial charge >= 0.3 is 11.9 Å². The molecule has 2 aromatic rings. The van der Waals surface area contributed by atoms with E-state index in [2.05, 4.69) is 5.32 Å². The van der Waals surface area contributed by atoms with E-state index in [-0.39, 0.29) is 31.7 Å². The number of rotatable bonds is 13. The van der Waals surface area contributed by atoms with E-state index in [0.29, 0.717) is 6.42 Å². The third kappa shape index (κ3) is 11.0. The lowest BCUT2D eigenvalue weighted by atomic mass is 9.88. The number of ether oxygens (including phenoxy) is 2. The van der Waals surface area contributed by atoms with Crippen molar-refractivity contribution in [1.82, 2.24) is 5.32 Å². The molecule has 1 amide bonds. The van der Waals surface area contributed by atoms with Gasteiger partial charge in [0.2, 0.25) is 5.91 Å². The maximum absolute atomic E-state index is 13.5. The Morgan fingerprint density at radius 1 is 0.838 bits per heavy atom. The van der Waals surface area contributed by atoms with Crippen molar-refractivity contribution in [2.75, 3.05) is 6.61 Å². The molecule has 2 rings (SSSR count). The largest absolute Gasteiger partial charge is 0.464 e. The van der Waals surface area contributed by atoms with E-state index in [9.17, 15) is 19.2 Å². The van der Waals surface area contributed by atoms with Crippen LogP contribution in [-0.2, 0) is 41.5 Å². The van der Waals surface area contributed by atoms with Gasteiger partial charge in [-0.15, -0.1) is 0 Å². The topological polar surface area (TPSA) is 98.8 Å². The molecule has 0 radical (unpaired) electrons. The second kappa shape index (κ2) is 14.3. The fourth-order valence-electron chi connectivity index (χ4n) is 3.92. The second-order valence-electron chi connectivity index (χ2n) is 10.3. The van der Waals surface area contributed by atoms with Crippen LogP contribution in [0.4, 0.5) is 0 Å². The molecule has 0 aliphatic carbocycles. The fourth-order valence-corrected chi connectivity index (χ4v) is 3.92. The Kier molecular flexibility index (Phi) is 11.5. The van der Waals surface area contributed by atoms with Crippen LogP contribution in [0.15, 0.2) is 60.7 Å². The first-order valence-electron chi connectivity index (χ1n) is 12.8. The summed E-state index contributed by atoms with van der Waals surface area (Å²) in [4.78, 5) is 51.5. The normalized spacial score (nSPS) is 13.6. The Labute approximate surface area is 219 Å². The van der Waals surface area contributed by atoms with Crippen molar-refractivity contribution in [1.29, 1.82) is 0 Å². The van der Waals surface area contributed by atoms with Gasteiger partial charge in [0, 0.05) is 24.7 Å². The molecule has 0 saturated heterocycles. The van der Waals surface area contributed by atoms with E-state index in [1.807, 2.05) is 60.7 Å². The Balaban J connectivity index is 2.18. The zero-order chi connectivity index (χ0) is 27.4. The number of nitrogens with one attached hydrogen (secondary N) is 1. The van der Waals surface area contributed by atoms with Gasteiger partial charge in [0.05, 0.1) is 13.0 Å². The highest BCUT2D eigenvalue weighted by atomic mass is 16.6. The van der Waals surface area contributed by atoms with Crippen molar-refractivity contribution < 1.29 is 28.7 Å². The molecule has 2 aromatic carbocycles. The zero-order valence-corrected chi connectivity index (χ0v) is 22.5. The van der Waals surface area contributed by atoms with Crippen LogP contribution in [0.5, 0.6) is 0 Å². The molecule has 0 aliphatic heterocycles. The van der Waals surface area contributed by atoms with Gasteiger partial charge in [0.15, 0.2) is 0 Å². The number of ketones is 1. The van der Waals surface area contributed by atoms with E-state index < -0.39 is 41.3 Å². The van der Waals surface area contributed by atoms with E-state index in [4.69, 9.17) is 9.47 Å². The fraction of sp³-hybridized carbons (Fsp3) is 0.467. The molecule has 200 valence electrons. The molecular formula is C30H39NO6. The molecule has 0 aliphatic rings. The van der Waals surface area contributed by atoms with Crippen LogP contribution in [0, 0.1) is 11.8 Å². The lowest BCUT2D eigenvalue weighted by Gasteiger charge is -2.23. The maximum Gasteiger partial charge on any atom is 0.328 e. The summed E-state index contributed by atoms with van der Waals surface area (Å²) in [7, 11) is 0. The highest BCUT2D eigenvalue weighted by Crippen LogP contribution is 2.20. The van der Waals surface area contributed by atoms with Crippen molar-refractivity contribution in [3.63, 3.8) is 0 Å². The summed E-state index contributed by atoms with van der Waals surface area (Å²) in [5.74, 6) is -2.92. The van der Waals surface area contributed by atoms with Gasteiger partial charge in [0.1, 0.15) is 17.4 Å². The predicted octanol–water partition coefficient (Wildman–Crippen LogP) is 4.46. The van der Waals surface area contributed by atoms with Crippen molar-refractivity contribution >= 4 is 23.6 Å². The minimum absolute atomic E-state index is 0.0603. The summed E-state index contributed by atoms with van der Waals surface area (Å²) < 4.78 is 10.5. The molecule has 0 saturated carbocycles. The molecule has 0 aromatic heterocycles. The molecule has 0 spiro atoms. The second-order valence-corrected chi connectivity index (χ2v) is 10.3. The number of carbonyl (C=O) groups excluding carboxylic acids is 4. The average molecular weight is 510 g/mol. The van der Waals surface area contributed by atoms with Gasteiger partial charge in [-0.3, -0.25) is 14.4 Å². The summed E-state index contributed by atoms with van der Waals surface area (Å²) in [5, 5.41) is 2.83. The average Bonchev–Trinajstić information content (AvgIpc) is 2.83. The Morgan fingerprint density at radius 3 is 1.89 bits per heavy atom. The van der Waals surface area contributed by atoms with E-state index >= 15 is 0 Å².